The smallest absolute Gasteiger partial charge is 0.317 e. The van der Waals surface area contributed by atoms with E-state index in [1.807, 2.05) is 18.2 Å². The summed E-state index contributed by atoms with van der Waals surface area (Å²) in [6.07, 6.45) is 4.84. The molecule has 1 unspecified atom stereocenters. The van der Waals surface area contributed by atoms with Crippen LogP contribution in [-0.2, 0) is 11.2 Å². The summed E-state index contributed by atoms with van der Waals surface area (Å²) in [5.74, 6) is 0.497. The van der Waals surface area contributed by atoms with E-state index < -0.39 is 0 Å². The minimum atomic E-state index is -0.349. The summed E-state index contributed by atoms with van der Waals surface area (Å²) in [5, 5.41) is 2.96. The van der Waals surface area contributed by atoms with Crippen LogP contribution in [0.1, 0.15) is 37.7 Å². The molecule has 24 heavy (non-hydrogen) atoms. The first-order valence-corrected chi connectivity index (χ1v) is 8.56. The predicted octanol–water partition coefficient (Wildman–Crippen LogP) is 2.07. The number of nitrogens with zero attached hydrogens (tertiary/aromatic N) is 1. The van der Waals surface area contributed by atoms with Gasteiger partial charge >= 0.3 is 6.03 Å². The number of benzene rings is 1. The minimum absolute atomic E-state index is 0.0605. The Kier molecular flexibility index (Phi) is 6.90. The van der Waals surface area contributed by atoms with Crippen LogP contribution < -0.4 is 15.8 Å². The zero-order valence-electron chi connectivity index (χ0n) is 14.3. The van der Waals surface area contributed by atoms with Crippen LogP contribution in [0, 0.1) is 0 Å². The van der Waals surface area contributed by atoms with Crippen LogP contribution in [0.25, 0.3) is 0 Å². The van der Waals surface area contributed by atoms with Gasteiger partial charge in [0.2, 0.25) is 5.91 Å². The van der Waals surface area contributed by atoms with E-state index in [1.54, 1.807) is 12.0 Å². The Bertz CT molecular complexity index is 562. The molecule has 1 aliphatic heterocycles. The summed E-state index contributed by atoms with van der Waals surface area (Å²) in [6, 6.07) is 7.80. The number of primary amides is 1. The van der Waals surface area contributed by atoms with Gasteiger partial charge < -0.3 is 20.7 Å². The zero-order chi connectivity index (χ0) is 17.4. The Morgan fingerprint density at radius 3 is 2.96 bits per heavy atom. The summed E-state index contributed by atoms with van der Waals surface area (Å²) in [4.78, 5) is 25.3. The van der Waals surface area contributed by atoms with Gasteiger partial charge in [-0.25, -0.2) is 4.79 Å². The first-order valence-electron chi connectivity index (χ1n) is 8.56. The van der Waals surface area contributed by atoms with Gasteiger partial charge in [-0.05, 0) is 49.8 Å². The van der Waals surface area contributed by atoms with Crippen LogP contribution in [0.15, 0.2) is 24.3 Å². The van der Waals surface area contributed by atoms with Gasteiger partial charge in [0.25, 0.3) is 0 Å². The lowest BCUT2D eigenvalue weighted by Crippen LogP contribution is -2.50. The fourth-order valence-corrected chi connectivity index (χ4v) is 3.13. The van der Waals surface area contributed by atoms with Crippen molar-refractivity contribution in [2.45, 2.75) is 44.6 Å². The summed E-state index contributed by atoms with van der Waals surface area (Å²) < 4.78 is 5.21. The van der Waals surface area contributed by atoms with Crippen LogP contribution in [0.2, 0.25) is 0 Å². The molecule has 6 nitrogen and oxygen atoms in total. The molecule has 0 aromatic heterocycles. The van der Waals surface area contributed by atoms with E-state index >= 15 is 0 Å². The number of hydrogen-bond acceptors (Lipinski definition) is 3. The minimum Gasteiger partial charge on any atom is -0.497 e. The van der Waals surface area contributed by atoms with Crippen molar-refractivity contribution in [2.24, 2.45) is 5.73 Å². The van der Waals surface area contributed by atoms with E-state index in [2.05, 4.69) is 11.4 Å². The van der Waals surface area contributed by atoms with Gasteiger partial charge in [0.1, 0.15) is 5.75 Å². The van der Waals surface area contributed by atoms with Gasteiger partial charge in [0.15, 0.2) is 0 Å². The van der Waals surface area contributed by atoms with Crippen molar-refractivity contribution in [1.29, 1.82) is 0 Å². The van der Waals surface area contributed by atoms with Crippen molar-refractivity contribution >= 4 is 11.9 Å². The second-order valence-corrected chi connectivity index (χ2v) is 6.20. The van der Waals surface area contributed by atoms with Crippen molar-refractivity contribution in [3.05, 3.63) is 29.8 Å². The van der Waals surface area contributed by atoms with Crippen molar-refractivity contribution in [2.75, 3.05) is 20.2 Å². The number of likely N-dealkylation sites (tertiary alicyclic amines) is 1. The van der Waals surface area contributed by atoms with Crippen LogP contribution >= 0.6 is 0 Å². The lowest BCUT2D eigenvalue weighted by atomic mass is 9.99. The normalized spacial score (nSPS) is 17.4. The first-order chi connectivity index (χ1) is 11.6. The first kappa shape index (κ1) is 18.1. The molecular formula is C18H27N3O3. The summed E-state index contributed by atoms with van der Waals surface area (Å²) in [7, 11) is 1.65. The van der Waals surface area contributed by atoms with E-state index in [0.717, 1.165) is 37.9 Å². The molecule has 1 heterocycles. The predicted molar refractivity (Wildman–Crippen MR) is 92.9 cm³/mol. The van der Waals surface area contributed by atoms with Gasteiger partial charge in [-0.15, -0.1) is 0 Å². The molecule has 6 heteroatoms. The number of nitrogens with two attached hydrogens (primary N) is 1. The average Bonchev–Trinajstić information content (AvgIpc) is 2.58. The molecule has 3 N–H and O–H groups in total. The second kappa shape index (κ2) is 9.15. The quantitative estimate of drug-likeness (QED) is 0.749. The third kappa shape index (κ3) is 5.44. The van der Waals surface area contributed by atoms with Crippen LogP contribution in [0.3, 0.4) is 0 Å². The fourth-order valence-electron chi connectivity index (χ4n) is 3.13. The number of hydrogen-bond donors (Lipinski definition) is 2. The summed E-state index contributed by atoms with van der Waals surface area (Å²) >= 11 is 0. The monoisotopic (exact) mass is 333 g/mol. The third-order valence-corrected chi connectivity index (χ3v) is 4.38. The van der Waals surface area contributed by atoms with Gasteiger partial charge in [-0.2, -0.15) is 0 Å². The lowest BCUT2D eigenvalue weighted by molar-refractivity contribution is -0.119. The number of carbonyl (C=O) groups excluding carboxylic acids is 2. The van der Waals surface area contributed by atoms with Gasteiger partial charge in [-0.3, -0.25) is 4.79 Å². The molecule has 1 fully saturated rings. The maximum Gasteiger partial charge on any atom is 0.317 e. The van der Waals surface area contributed by atoms with E-state index in [0.29, 0.717) is 13.1 Å². The topological polar surface area (TPSA) is 84.7 Å². The Labute approximate surface area is 143 Å². The van der Waals surface area contributed by atoms with Crippen molar-refractivity contribution in [3.63, 3.8) is 0 Å². The van der Waals surface area contributed by atoms with Crippen LogP contribution in [-0.4, -0.2) is 43.1 Å². The molecule has 0 saturated carbocycles. The molecule has 3 amide bonds. The highest BCUT2D eigenvalue weighted by atomic mass is 16.5. The zero-order valence-corrected chi connectivity index (χ0v) is 14.3. The molecule has 132 valence electrons. The van der Waals surface area contributed by atoms with Crippen LogP contribution in [0.5, 0.6) is 5.75 Å². The molecule has 1 saturated heterocycles. The van der Waals surface area contributed by atoms with Gasteiger partial charge in [-0.1, -0.05) is 12.1 Å². The SMILES string of the molecule is COc1cccc(CCCNC(=O)N2CCCCC2CC(N)=O)c1. The molecular weight excluding hydrogens is 306 g/mol. The standard InChI is InChI=1S/C18H27N3O3/c1-24-16-9-4-6-14(12-16)7-5-10-20-18(23)21-11-3-2-8-15(21)13-17(19)22/h4,6,9,12,15H,2-3,5,7-8,10-11,13H2,1H3,(H2,19,22)(H,20,23). The maximum atomic E-state index is 12.3. The average molecular weight is 333 g/mol. The maximum absolute atomic E-state index is 12.3. The van der Waals surface area contributed by atoms with Crippen molar-refractivity contribution < 1.29 is 14.3 Å². The largest absolute Gasteiger partial charge is 0.497 e. The summed E-state index contributed by atoms with van der Waals surface area (Å²) in [5.41, 5.74) is 6.48. The Balaban J connectivity index is 1.76. The highest BCUT2D eigenvalue weighted by Crippen LogP contribution is 2.19. The number of carbonyl (C=O) groups is 2. The number of ether oxygens (including phenoxy) is 1. The summed E-state index contributed by atoms with van der Waals surface area (Å²) in [6.45, 7) is 1.30. The number of aryl methyl sites for hydroxylation is 1. The van der Waals surface area contributed by atoms with E-state index in [1.165, 1.54) is 5.56 Å². The number of urea groups is 1. The highest BCUT2D eigenvalue weighted by molar-refractivity contribution is 5.78. The van der Waals surface area contributed by atoms with Gasteiger partial charge in [0, 0.05) is 25.6 Å². The molecule has 1 atom stereocenters. The Hall–Kier alpha value is -2.24. The van der Waals surface area contributed by atoms with Gasteiger partial charge in [0.05, 0.1) is 7.11 Å². The van der Waals surface area contributed by atoms with Crippen molar-refractivity contribution in [3.8, 4) is 5.75 Å². The van der Waals surface area contributed by atoms with E-state index in [9.17, 15) is 9.59 Å². The molecule has 0 bridgehead atoms. The number of methoxy groups -OCH3 is 1. The number of nitrogens with one attached hydrogen (secondary N) is 1. The molecule has 1 aromatic rings. The fraction of sp³-hybridized carbons (Fsp3) is 0.556. The molecule has 0 radical (unpaired) electrons. The van der Waals surface area contributed by atoms with E-state index in [4.69, 9.17) is 10.5 Å². The Morgan fingerprint density at radius 2 is 2.21 bits per heavy atom. The molecule has 0 spiro atoms. The second-order valence-electron chi connectivity index (χ2n) is 6.20. The molecule has 2 rings (SSSR count). The van der Waals surface area contributed by atoms with Crippen molar-refractivity contribution in [1.82, 2.24) is 10.2 Å². The van der Waals surface area contributed by atoms with E-state index in [-0.39, 0.29) is 24.4 Å². The lowest BCUT2D eigenvalue weighted by Gasteiger charge is -2.35. The molecule has 1 aliphatic rings. The number of piperidine rings is 1. The molecule has 1 aromatic carbocycles. The van der Waals surface area contributed by atoms with Crippen LogP contribution in [0.4, 0.5) is 4.79 Å². The molecule has 0 aliphatic carbocycles. The number of rotatable bonds is 7. The number of amides is 3. The highest BCUT2D eigenvalue weighted by Gasteiger charge is 2.27. The Morgan fingerprint density at radius 1 is 1.38 bits per heavy atom. The third-order valence-electron chi connectivity index (χ3n) is 4.38.